The molecule has 0 fully saturated rings. The quantitative estimate of drug-likeness (QED) is 0.719. The molecule has 0 N–H and O–H groups in total. The molecule has 0 atom stereocenters. The first kappa shape index (κ1) is 11.0. The minimum atomic E-state index is -4.39. The van der Waals surface area contributed by atoms with Crippen molar-refractivity contribution in [2.45, 2.75) is 11.5 Å². The molecular formula is C7H4Br2F3N. The molecule has 0 radical (unpaired) electrons. The van der Waals surface area contributed by atoms with Gasteiger partial charge in [0, 0.05) is 16.0 Å². The summed E-state index contributed by atoms with van der Waals surface area (Å²) in [5.74, 6) is 0. The van der Waals surface area contributed by atoms with E-state index < -0.39 is 11.9 Å². The molecule has 0 bridgehead atoms. The van der Waals surface area contributed by atoms with E-state index in [4.69, 9.17) is 0 Å². The highest BCUT2D eigenvalue weighted by atomic mass is 79.9. The predicted molar refractivity (Wildman–Crippen MR) is 49.6 cm³/mol. The SMILES string of the molecule is FC(F)(F)c1ncc(Br)cc1CBr. The Bertz CT molecular complexity index is 311. The Labute approximate surface area is 89.6 Å². The summed E-state index contributed by atoms with van der Waals surface area (Å²) in [6, 6.07) is 1.39. The maximum atomic E-state index is 12.3. The molecule has 1 aromatic rings. The lowest BCUT2D eigenvalue weighted by molar-refractivity contribution is -0.141. The van der Waals surface area contributed by atoms with E-state index in [9.17, 15) is 13.2 Å². The van der Waals surface area contributed by atoms with Crippen molar-refractivity contribution < 1.29 is 13.2 Å². The Hall–Kier alpha value is -0.100. The fraction of sp³-hybridized carbons (Fsp3) is 0.286. The summed E-state index contributed by atoms with van der Waals surface area (Å²) in [7, 11) is 0. The fourth-order valence-corrected chi connectivity index (χ4v) is 1.64. The number of alkyl halides is 4. The Kier molecular flexibility index (Phi) is 3.34. The minimum Gasteiger partial charge on any atom is -0.250 e. The van der Waals surface area contributed by atoms with Gasteiger partial charge in [-0.25, -0.2) is 0 Å². The molecule has 0 saturated heterocycles. The summed E-state index contributed by atoms with van der Waals surface area (Å²) in [5.41, 5.74) is -0.713. The number of nitrogens with zero attached hydrogens (tertiary/aromatic N) is 1. The molecule has 1 rings (SSSR count). The van der Waals surface area contributed by atoms with Gasteiger partial charge in [-0.05, 0) is 27.6 Å². The maximum Gasteiger partial charge on any atom is 0.433 e. The number of rotatable bonds is 1. The van der Waals surface area contributed by atoms with E-state index in [1.807, 2.05) is 0 Å². The van der Waals surface area contributed by atoms with Crippen LogP contribution >= 0.6 is 31.9 Å². The molecule has 6 heteroatoms. The maximum absolute atomic E-state index is 12.3. The topological polar surface area (TPSA) is 12.9 Å². The van der Waals surface area contributed by atoms with Crippen molar-refractivity contribution in [1.29, 1.82) is 0 Å². The highest BCUT2D eigenvalue weighted by Crippen LogP contribution is 2.32. The smallest absolute Gasteiger partial charge is 0.250 e. The monoisotopic (exact) mass is 317 g/mol. The van der Waals surface area contributed by atoms with Crippen LogP contribution in [-0.4, -0.2) is 4.98 Å². The normalized spacial score (nSPS) is 11.8. The van der Waals surface area contributed by atoms with Gasteiger partial charge in [0.15, 0.2) is 0 Å². The first-order chi connectivity index (χ1) is 5.95. The van der Waals surface area contributed by atoms with Gasteiger partial charge in [-0.2, -0.15) is 13.2 Å². The molecule has 0 saturated carbocycles. The van der Waals surface area contributed by atoms with Crippen LogP contribution in [-0.2, 0) is 11.5 Å². The molecular weight excluding hydrogens is 315 g/mol. The number of hydrogen-bond acceptors (Lipinski definition) is 1. The zero-order chi connectivity index (χ0) is 10.1. The average Bonchev–Trinajstić information content (AvgIpc) is 2.01. The molecule has 0 aliphatic rings. The zero-order valence-electron chi connectivity index (χ0n) is 6.20. The second kappa shape index (κ2) is 3.96. The molecule has 1 heterocycles. The van der Waals surface area contributed by atoms with Gasteiger partial charge in [0.1, 0.15) is 5.69 Å². The molecule has 1 aromatic heterocycles. The van der Waals surface area contributed by atoms with E-state index in [1.165, 1.54) is 6.07 Å². The zero-order valence-corrected chi connectivity index (χ0v) is 9.37. The predicted octanol–water partition coefficient (Wildman–Crippen LogP) is 3.76. The van der Waals surface area contributed by atoms with Crippen molar-refractivity contribution in [3.05, 3.63) is 28.0 Å². The van der Waals surface area contributed by atoms with Gasteiger partial charge in [0.2, 0.25) is 0 Å². The number of halogens is 5. The van der Waals surface area contributed by atoms with Crippen LogP contribution in [0.2, 0.25) is 0 Å². The van der Waals surface area contributed by atoms with Crippen LogP contribution in [0.1, 0.15) is 11.3 Å². The van der Waals surface area contributed by atoms with Gasteiger partial charge in [0.25, 0.3) is 0 Å². The van der Waals surface area contributed by atoms with Crippen LogP contribution in [0.15, 0.2) is 16.7 Å². The highest BCUT2D eigenvalue weighted by Gasteiger charge is 2.34. The van der Waals surface area contributed by atoms with Crippen LogP contribution in [0.4, 0.5) is 13.2 Å². The molecule has 0 unspecified atom stereocenters. The van der Waals surface area contributed by atoms with Crippen LogP contribution < -0.4 is 0 Å². The van der Waals surface area contributed by atoms with Gasteiger partial charge in [-0.15, -0.1) is 0 Å². The van der Waals surface area contributed by atoms with Crippen LogP contribution in [0, 0.1) is 0 Å². The lowest BCUT2D eigenvalue weighted by Crippen LogP contribution is -2.11. The molecule has 13 heavy (non-hydrogen) atoms. The van der Waals surface area contributed by atoms with Crippen LogP contribution in [0.5, 0.6) is 0 Å². The van der Waals surface area contributed by atoms with E-state index in [-0.39, 0.29) is 10.9 Å². The Morgan fingerprint density at radius 3 is 2.46 bits per heavy atom. The number of aromatic nitrogens is 1. The lowest BCUT2D eigenvalue weighted by atomic mass is 10.2. The van der Waals surface area contributed by atoms with Crippen molar-refractivity contribution in [1.82, 2.24) is 4.98 Å². The summed E-state index contributed by atoms with van der Waals surface area (Å²) in [5, 5.41) is 0.133. The Balaban J connectivity index is 3.22. The third-order valence-corrected chi connectivity index (χ3v) is 2.38. The van der Waals surface area contributed by atoms with Gasteiger partial charge in [-0.3, -0.25) is 4.98 Å². The molecule has 0 amide bonds. The third kappa shape index (κ3) is 2.67. The fourth-order valence-electron chi connectivity index (χ4n) is 0.838. The molecule has 1 nitrogen and oxygen atoms in total. The van der Waals surface area contributed by atoms with Gasteiger partial charge < -0.3 is 0 Å². The first-order valence-corrected chi connectivity index (χ1v) is 5.14. The largest absolute Gasteiger partial charge is 0.433 e. The Morgan fingerprint density at radius 1 is 1.38 bits per heavy atom. The molecule has 0 spiro atoms. The number of pyridine rings is 1. The standard InChI is InChI=1S/C7H4Br2F3N/c8-2-4-1-5(9)3-13-6(4)7(10,11)12/h1,3H,2H2. The van der Waals surface area contributed by atoms with Crippen molar-refractivity contribution in [3.8, 4) is 0 Å². The summed E-state index contributed by atoms with van der Waals surface area (Å²) in [4.78, 5) is 3.32. The van der Waals surface area contributed by atoms with E-state index >= 15 is 0 Å². The Morgan fingerprint density at radius 2 is 2.00 bits per heavy atom. The van der Waals surface area contributed by atoms with E-state index in [0.29, 0.717) is 4.47 Å². The highest BCUT2D eigenvalue weighted by molar-refractivity contribution is 9.10. The summed E-state index contributed by atoms with van der Waals surface area (Å²) in [6.45, 7) is 0. The van der Waals surface area contributed by atoms with Gasteiger partial charge >= 0.3 is 6.18 Å². The second-order valence-electron chi connectivity index (χ2n) is 2.29. The molecule has 0 aliphatic carbocycles. The summed E-state index contributed by atoms with van der Waals surface area (Å²) >= 11 is 6.03. The van der Waals surface area contributed by atoms with E-state index in [0.717, 1.165) is 6.20 Å². The van der Waals surface area contributed by atoms with E-state index in [1.54, 1.807) is 0 Å². The van der Waals surface area contributed by atoms with Gasteiger partial charge in [0.05, 0.1) is 0 Å². The van der Waals surface area contributed by atoms with Crippen molar-refractivity contribution in [2.75, 3.05) is 0 Å². The third-order valence-electron chi connectivity index (χ3n) is 1.35. The second-order valence-corrected chi connectivity index (χ2v) is 3.77. The van der Waals surface area contributed by atoms with Crippen molar-refractivity contribution >= 4 is 31.9 Å². The van der Waals surface area contributed by atoms with E-state index in [2.05, 4.69) is 36.8 Å². The average molecular weight is 319 g/mol. The molecule has 0 aromatic carbocycles. The molecule has 72 valence electrons. The summed E-state index contributed by atoms with van der Waals surface area (Å²) < 4.78 is 37.3. The van der Waals surface area contributed by atoms with Gasteiger partial charge in [-0.1, -0.05) is 15.9 Å². The number of hydrogen-bond donors (Lipinski definition) is 0. The van der Waals surface area contributed by atoms with Crippen LogP contribution in [0.25, 0.3) is 0 Å². The van der Waals surface area contributed by atoms with Crippen LogP contribution in [0.3, 0.4) is 0 Å². The molecule has 0 aliphatic heterocycles. The summed E-state index contributed by atoms with van der Waals surface area (Å²) in [6.07, 6.45) is -3.25. The minimum absolute atomic E-state index is 0.127. The first-order valence-electron chi connectivity index (χ1n) is 3.22. The van der Waals surface area contributed by atoms with Crippen molar-refractivity contribution in [3.63, 3.8) is 0 Å². The lowest BCUT2D eigenvalue weighted by Gasteiger charge is -2.09. The van der Waals surface area contributed by atoms with Crippen molar-refractivity contribution in [2.24, 2.45) is 0 Å².